The zero-order valence-electron chi connectivity index (χ0n) is 13.9. The van der Waals surface area contributed by atoms with Crippen molar-refractivity contribution in [2.75, 3.05) is 26.2 Å². The summed E-state index contributed by atoms with van der Waals surface area (Å²) in [7, 11) is 4.75. The number of nitrogens with zero attached hydrogens (tertiary/aromatic N) is 1. The standard InChI is InChI=1S/C18H20N2O4/c1-22-13-6-4-5-12(10-13)20-17(16(19)18(20)21)11-7-8-14(23-2)15(9-11)24-3/h4-10,16-17H,19H2,1-3H3/t16-,17-/m0/s1. The molecule has 6 nitrogen and oxygen atoms in total. The van der Waals surface area contributed by atoms with Gasteiger partial charge in [0, 0.05) is 11.8 Å². The highest BCUT2D eigenvalue weighted by atomic mass is 16.5. The second kappa shape index (κ2) is 6.41. The van der Waals surface area contributed by atoms with Gasteiger partial charge in [-0.25, -0.2) is 0 Å². The Morgan fingerprint density at radius 1 is 0.958 bits per heavy atom. The fraction of sp³-hybridized carbons (Fsp3) is 0.278. The summed E-state index contributed by atoms with van der Waals surface area (Å²) in [6.45, 7) is 0. The van der Waals surface area contributed by atoms with Crippen LogP contribution >= 0.6 is 0 Å². The van der Waals surface area contributed by atoms with Crippen LogP contribution in [-0.4, -0.2) is 33.3 Å². The van der Waals surface area contributed by atoms with Gasteiger partial charge < -0.3 is 24.8 Å². The molecule has 0 unspecified atom stereocenters. The third-order valence-electron chi connectivity index (χ3n) is 4.22. The smallest absolute Gasteiger partial charge is 0.247 e. The van der Waals surface area contributed by atoms with Crippen molar-refractivity contribution in [1.29, 1.82) is 0 Å². The Hall–Kier alpha value is -2.73. The third-order valence-corrected chi connectivity index (χ3v) is 4.22. The minimum atomic E-state index is -0.589. The molecule has 1 fully saturated rings. The molecular formula is C18H20N2O4. The Bertz CT molecular complexity index is 762. The molecular weight excluding hydrogens is 308 g/mol. The highest BCUT2D eigenvalue weighted by Gasteiger charge is 2.47. The monoisotopic (exact) mass is 328 g/mol. The van der Waals surface area contributed by atoms with Gasteiger partial charge in [-0.1, -0.05) is 12.1 Å². The van der Waals surface area contributed by atoms with E-state index in [1.165, 1.54) is 0 Å². The van der Waals surface area contributed by atoms with Gasteiger partial charge in [0.2, 0.25) is 5.91 Å². The van der Waals surface area contributed by atoms with Crippen molar-refractivity contribution in [2.45, 2.75) is 12.1 Å². The highest BCUT2D eigenvalue weighted by Crippen LogP contribution is 2.41. The summed E-state index contributed by atoms with van der Waals surface area (Å²) in [4.78, 5) is 14.0. The van der Waals surface area contributed by atoms with E-state index in [0.29, 0.717) is 17.2 Å². The van der Waals surface area contributed by atoms with E-state index in [1.807, 2.05) is 42.5 Å². The third kappa shape index (κ3) is 2.55. The van der Waals surface area contributed by atoms with E-state index >= 15 is 0 Å². The summed E-state index contributed by atoms with van der Waals surface area (Å²) in [5.74, 6) is 1.80. The van der Waals surface area contributed by atoms with E-state index in [4.69, 9.17) is 19.9 Å². The predicted octanol–water partition coefficient (Wildman–Crippen LogP) is 2.13. The summed E-state index contributed by atoms with van der Waals surface area (Å²) in [6, 6.07) is 12.1. The molecule has 0 saturated carbocycles. The Kier molecular flexibility index (Phi) is 4.31. The molecule has 126 valence electrons. The molecule has 1 aliphatic heterocycles. The molecule has 0 bridgehead atoms. The fourth-order valence-corrected chi connectivity index (χ4v) is 2.95. The van der Waals surface area contributed by atoms with Gasteiger partial charge >= 0.3 is 0 Å². The Morgan fingerprint density at radius 3 is 2.38 bits per heavy atom. The van der Waals surface area contributed by atoms with Crippen LogP contribution in [0.2, 0.25) is 0 Å². The number of hydrogen-bond donors (Lipinski definition) is 1. The summed E-state index contributed by atoms with van der Waals surface area (Å²) >= 11 is 0. The number of amides is 1. The van der Waals surface area contributed by atoms with Gasteiger partial charge in [-0.05, 0) is 29.8 Å². The molecule has 2 aromatic carbocycles. The predicted molar refractivity (Wildman–Crippen MR) is 90.7 cm³/mol. The average Bonchev–Trinajstić information content (AvgIpc) is 2.64. The maximum atomic E-state index is 12.3. The van der Waals surface area contributed by atoms with Crippen molar-refractivity contribution < 1.29 is 19.0 Å². The summed E-state index contributed by atoms with van der Waals surface area (Å²) in [6.07, 6.45) is 0. The lowest BCUT2D eigenvalue weighted by Gasteiger charge is -2.45. The largest absolute Gasteiger partial charge is 0.497 e. The quantitative estimate of drug-likeness (QED) is 0.851. The number of carbonyl (C=O) groups excluding carboxylic acids is 1. The van der Waals surface area contributed by atoms with Gasteiger partial charge in [-0.15, -0.1) is 0 Å². The van der Waals surface area contributed by atoms with E-state index < -0.39 is 6.04 Å². The number of anilines is 1. The van der Waals surface area contributed by atoms with Crippen LogP contribution in [-0.2, 0) is 4.79 Å². The second-order valence-electron chi connectivity index (χ2n) is 5.49. The SMILES string of the molecule is COc1cccc(N2C(=O)[C@@H](N)[C@@H]2c2ccc(OC)c(OC)c2)c1. The van der Waals surface area contributed by atoms with Crippen LogP contribution in [0.25, 0.3) is 0 Å². The number of methoxy groups -OCH3 is 3. The van der Waals surface area contributed by atoms with Crippen molar-refractivity contribution in [3.05, 3.63) is 48.0 Å². The maximum absolute atomic E-state index is 12.3. The summed E-state index contributed by atoms with van der Waals surface area (Å²) in [5.41, 5.74) is 7.71. The molecule has 0 spiro atoms. The number of β-lactam (4-membered cyclic amide) rings is 1. The van der Waals surface area contributed by atoms with Crippen LogP contribution in [0.15, 0.2) is 42.5 Å². The molecule has 0 aliphatic carbocycles. The average molecular weight is 328 g/mol. The second-order valence-corrected chi connectivity index (χ2v) is 5.49. The number of hydrogen-bond acceptors (Lipinski definition) is 5. The van der Waals surface area contributed by atoms with Gasteiger partial charge in [0.15, 0.2) is 11.5 Å². The first kappa shape index (κ1) is 16.1. The molecule has 6 heteroatoms. The molecule has 1 aliphatic rings. The molecule has 2 N–H and O–H groups in total. The molecule has 2 atom stereocenters. The molecule has 1 saturated heterocycles. The van der Waals surface area contributed by atoms with Crippen LogP contribution in [0.3, 0.4) is 0 Å². The normalized spacial score (nSPS) is 19.7. The first-order chi connectivity index (χ1) is 11.6. The lowest BCUT2D eigenvalue weighted by Crippen LogP contribution is -2.63. The number of rotatable bonds is 5. The number of nitrogens with two attached hydrogens (primary N) is 1. The molecule has 1 amide bonds. The van der Waals surface area contributed by atoms with Crippen molar-refractivity contribution in [2.24, 2.45) is 5.73 Å². The lowest BCUT2D eigenvalue weighted by atomic mass is 9.88. The van der Waals surface area contributed by atoms with Gasteiger partial charge in [0.1, 0.15) is 11.8 Å². The zero-order valence-corrected chi connectivity index (χ0v) is 13.9. The van der Waals surface area contributed by atoms with Gasteiger partial charge in [0.05, 0.1) is 27.4 Å². The summed E-state index contributed by atoms with van der Waals surface area (Å²) < 4.78 is 15.8. The Morgan fingerprint density at radius 2 is 1.71 bits per heavy atom. The minimum absolute atomic E-state index is 0.122. The van der Waals surface area contributed by atoms with E-state index in [0.717, 1.165) is 11.3 Å². The van der Waals surface area contributed by atoms with E-state index in [1.54, 1.807) is 26.2 Å². The Balaban J connectivity index is 1.98. The van der Waals surface area contributed by atoms with E-state index in [-0.39, 0.29) is 11.9 Å². The van der Waals surface area contributed by atoms with Crippen LogP contribution in [0.1, 0.15) is 11.6 Å². The van der Waals surface area contributed by atoms with Crippen LogP contribution < -0.4 is 24.8 Å². The molecule has 24 heavy (non-hydrogen) atoms. The first-order valence-corrected chi connectivity index (χ1v) is 7.55. The van der Waals surface area contributed by atoms with Gasteiger partial charge in [-0.2, -0.15) is 0 Å². The highest BCUT2D eigenvalue weighted by molar-refractivity contribution is 6.05. The minimum Gasteiger partial charge on any atom is -0.497 e. The number of carbonyl (C=O) groups is 1. The van der Waals surface area contributed by atoms with E-state index in [9.17, 15) is 4.79 Å². The first-order valence-electron chi connectivity index (χ1n) is 7.55. The molecule has 0 radical (unpaired) electrons. The topological polar surface area (TPSA) is 74.0 Å². The molecule has 0 aromatic heterocycles. The number of benzene rings is 2. The maximum Gasteiger partial charge on any atom is 0.247 e. The Labute approximate surface area is 140 Å². The van der Waals surface area contributed by atoms with Crippen molar-refractivity contribution in [1.82, 2.24) is 0 Å². The number of ether oxygens (including phenoxy) is 3. The van der Waals surface area contributed by atoms with Gasteiger partial charge in [-0.3, -0.25) is 4.79 Å². The van der Waals surface area contributed by atoms with Crippen LogP contribution in [0.5, 0.6) is 17.2 Å². The fourth-order valence-electron chi connectivity index (χ4n) is 2.95. The van der Waals surface area contributed by atoms with Crippen molar-refractivity contribution >= 4 is 11.6 Å². The van der Waals surface area contributed by atoms with Gasteiger partial charge in [0.25, 0.3) is 0 Å². The molecule has 2 aromatic rings. The summed E-state index contributed by atoms with van der Waals surface area (Å²) in [5, 5.41) is 0. The van der Waals surface area contributed by atoms with Crippen LogP contribution in [0, 0.1) is 0 Å². The molecule has 3 rings (SSSR count). The van der Waals surface area contributed by atoms with Crippen molar-refractivity contribution in [3.63, 3.8) is 0 Å². The lowest BCUT2D eigenvalue weighted by molar-refractivity contribution is -0.126. The molecule has 1 heterocycles. The van der Waals surface area contributed by atoms with E-state index in [2.05, 4.69) is 0 Å². The van der Waals surface area contributed by atoms with Crippen molar-refractivity contribution in [3.8, 4) is 17.2 Å². The van der Waals surface area contributed by atoms with Crippen LogP contribution in [0.4, 0.5) is 5.69 Å². The zero-order chi connectivity index (χ0) is 17.3.